The summed E-state index contributed by atoms with van der Waals surface area (Å²) in [6.07, 6.45) is 1.93. The molecule has 0 unspecified atom stereocenters. The highest BCUT2D eigenvalue weighted by Gasteiger charge is 2.23. The van der Waals surface area contributed by atoms with Crippen LogP contribution >= 0.6 is 34.8 Å². The minimum Gasteiger partial charge on any atom is -0.306 e. The molecule has 0 amide bonds. The van der Waals surface area contributed by atoms with Gasteiger partial charge in [-0.2, -0.15) is 0 Å². The highest BCUT2D eigenvalue weighted by atomic mass is 35.5. The molecule has 0 saturated carbocycles. The van der Waals surface area contributed by atoms with Crippen LogP contribution in [0.5, 0.6) is 0 Å². The van der Waals surface area contributed by atoms with E-state index in [0.717, 1.165) is 11.3 Å². The smallest absolute Gasteiger partial charge is 0.254 e. The molecule has 3 heterocycles. The zero-order chi connectivity index (χ0) is 19.0. The van der Waals surface area contributed by atoms with Crippen LogP contribution in [-0.2, 0) is 19.5 Å². The molecule has 1 aromatic carbocycles. The number of halogens is 3. The zero-order valence-corrected chi connectivity index (χ0v) is 16.3. The minimum atomic E-state index is -0.108. The molecule has 138 valence electrons. The third-order valence-electron chi connectivity index (χ3n) is 4.49. The van der Waals surface area contributed by atoms with Gasteiger partial charge in [0.2, 0.25) is 0 Å². The van der Waals surface area contributed by atoms with Crippen molar-refractivity contribution < 1.29 is 0 Å². The second-order valence-electron chi connectivity index (χ2n) is 6.24. The Morgan fingerprint density at radius 1 is 1.07 bits per heavy atom. The van der Waals surface area contributed by atoms with Crippen molar-refractivity contribution in [2.75, 3.05) is 6.54 Å². The number of nitrogens with one attached hydrogen (secondary N) is 1. The summed E-state index contributed by atoms with van der Waals surface area (Å²) < 4.78 is 0. The van der Waals surface area contributed by atoms with Gasteiger partial charge >= 0.3 is 0 Å². The first-order valence-electron chi connectivity index (χ1n) is 8.26. The maximum atomic E-state index is 12.5. The Balaban J connectivity index is 1.63. The standard InChI is InChI=1S/C18H14Cl3N5O/c19-11-3-1-10(2-4-11)17-24-14-8-26(6-5-12(14)18(27)25-17)7-13-15(20)22-9-23-16(13)21/h1-4,9H,5-8H2,(H,24,25,27). The second kappa shape index (κ2) is 7.56. The Hall–Kier alpha value is -1.99. The number of rotatable bonds is 3. The van der Waals surface area contributed by atoms with E-state index < -0.39 is 0 Å². The van der Waals surface area contributed by atoms with E-state index in [1.165, 1.54) is 6.33 Å². The monoisotopic (exact) mass is 421 g/mol. The van der Waals surface area contributed by atoms with Crippen molar-refractivity contribution in [3.63, 3.8) is 0 Å². The van der Waals surface area contributed by atoms with Gasteiger partial charge in [-0.15, -0.1) is 0 Å². The van der Waals surface area contributed by atoms with Crippen LogP contribution in [0.4, 0.5) is 0 Å². The van der Waals surface area contributed by atoms with Gasteiger partial charge in [-0.05, 0) is 30.7 Å². The van der Waals surface area contributed by atoms with Crippen molar-refractivity contribution in [2.45, 2.75) is 19.5 Å². The fourth-order valence-electron chi connectivity index (χ4n) is 3.10. The lowest BCUT2D eigenvalue weighted by Crippen LogP contribution is -2.35. The number of nitrogens with zero attached hydrogens (tertiary/aromatic N) is 4. The predicted octanol–water partition coefficient (Wildman–Crippen LogP) is 3.75. The van der Waals surface area contributed by atoms with E-state index in [1.54, 1.807) is 12.1 Å². The van der Waals surface area contributed by atoms with E-state index in [0.29, 0.717) is 58.3 Å². The normalized spacial score (nSPS) is 14.2. The summed E-state index contributed by atoms with van der Waals surface area (Å²) in [5, 5.41) is 1.30. The van der Waals surface area contributed by atoms with Crippen LogP contribution in [-0.4, -0.2) is 31.4 Å². The highest BCUT2D eigenvalue weighted by molar-refractivity contribution is 6.34. The Bertz CT molecular complexity index is 1030. The first-order chi connectivity index (χ1) is 13.0. The van der Waals surface area contributed by atoms with Crippen LogP contribution < -0.4 is 5.56 Å². The summed E-state index contributed by atoms with van der Waals surface area (Å²) >= 11 is 18.2. The summed E-state index contributed by atoms with van der Waals surface area (Å²) in [5.41, 5.74) is 2.83. The fourth-order valence-corrected chi connectivity index (χ4v) is 3.66. The number of H-pyrrole nitrogens is 1. The maximum Gasteiger partial charge on any atom is 0.254 e. The van der Waals surface area contributed by atoms with Gasteiger partial charge in [-0.1, -0.05) is 34.8 Å². The van der Waals surface area contributed by atoms with E-state index >= 15 is 0 Å². The Morgan fingerprint density at radius 3 is 2.48 bits per heavy atom. The SMILES string of the molecule is O=c1[nH]c(-c2ccc(Cl)cc2)nc2c1CCN(Cc1c(Cl)ncnc1Cl)C2. The molecule has 6 nitrogen and oxygen atoms in total. The van der Waals surface area contributed by atoms with E-state index in [1.807, 2.05) is 12.1 Å². The minimum absolute atomic E-state index is 0.108. The molecule has 0 bridgehead atoms. The lowest BCUT2D eigenvalue weighted by atomic mass is 10.1. The summed E-state index contributed by atoms with van der Waals surface area (Å²) in [5.74, 6) is 0.524. The zero-order valence-electron chi connectivity index (χ0n) is 14.0. The van der Waals surface area contributed by atoms with Crippen molar-refractivity contribution in [1.82, 2.24) is 24.8 Å². The average molecular weight is 423 g/mol. The van der Waals surface area contributed by atoms with E-state index in [2.05, 4.69) is 24.8 Å². The first-order valence-corrected chi connectivity index (χ1v) is 9.40. The number of aromatic nitrogens is 4. The van der Waals surface area contributed by atoms with Gasteiger partial charge in [0, 0.05) is 41.3 Å². The Labute approximate surface area is 170 Å². The van der Waals surface area contributed by atoms with Crippen molar-refractivity contribution >= 4 is 34.8 Å². The summed E-state index contributed by atoms with van der Waals surface area (Å²) in [6, 6.07) is 7.19. The molecular weight excluding hydrogens is 409 g/mol. The van der Waals surface area contributed by atoms with Gasteiger partial charge in [0.05, 0.1) is 5.69 Å². The van der Waals surface area contributed by atoms with Crippen LogP contribution in [0.15, 0.2) is 35.4 Å². The average Bonchev–Trinajstić information content (AvgIpc) is 2.65. The number of hydrogen-bond donors (Lipinski definition) is 1. The van der Waals surface area contributed by atoms with Crippen LogP contribution in [0.25, 0.3) is 11.4 Å². The Kier molecular flexibility index (Phi) is 5.14. The summed E-state index contributed by atoms with van der Waals surface area (Å²) in [7, 11) is 0. The highest BCUT2D eigenvalue weighted by Crippen LogP contribution is 2.25. The van der Waals surface area contributed by atoms with Crippen LogP contribution in [0.1, 0.15) is 16.8 Å². The molecular formula is C18H14Cl3N5O. The lowest BCUT2D eigenvalue weighted by Gasteiger charge is -2.28. The quantitative estimate of drug-likeness (QED) is 0.651. The third kappa shape index (κ3) is 3.84. The molecule has 1 aliphatic heterocycles. The van der Waals surface area contributed by atoms with Crippen molar-refractivity contribution in [3.8, 4) is 11.4 Å². The largest absolute Gasteiger partial charge is 0.306 e. The molecule has 0 aliphatic carbocycles. The molecule has 0 fully saturated rings. The lowest BCUT2D eigenvalue weighted by molar-refractivity contribution is 0.240. The number of aromatic amines is 1. The van der Waals surface area contributed by atoms with Crippen LogP contribution in [0.3, 0.4) is 0 Å². The van der Waals surface area contributed by atoms with Crippen molar-refractivity contribution in [2.24, 2.45) is 0 Å². The Morgan fingerprint density at radius 2 is 1.78 bits per heavy atom. The molecule has 1 N–H and O–H groups in total. The van der Waals surface area contributed by atoms with E-state index in [9.17, 15) is 4.79 Å². The molecule has 9 heteroatoms. The number of hydrogen-bond acceptors (Lipinski definition) is 5. The molecule has 0 saturated heterocycles. The van der Waals surface area contributed by atoms with Gasteiger partial charge in [0.25, 0.3) is 5.56 Å². The van der Waals surface area contributed by atoms with Gasteiger partial charge in [0.1, 0.15) is 22.5 Å². The van der Waals surface area contributed by atoms with Crippen molar-refractivity contribution in [3.05, 3.63) is 73.1 Å². The molecule has 2 aromatic heterocycles. The molecule has 0 spiro atoms. The molecule has 0 radical (unpaired) electrons. The van der Waals surface area contributed by atoms with Gasteiger partial charge in [-0.3, -0.25) is 9.69 Å². The molecule has 1 aliphatic rings. The van der Waals surface area contributed by atoms with E-state index in [4.69, 9.17) is 34.8 Å². The third-order valence-corrected chi connectivity index (χ3v) is 5.40. The number of fused-ring (bicyclic) bond motifs is 1. The molecule has 3 aromatic rings. The van der Waals surface area contributed by atoms with Gasteiger partial charge in [-0.25, -0.2) is 15.0 Å². The summed E-state index contributed by atoms with van der Waals surface area (Å²) in [6.45, 7) is 1.70. The molecule has 4 rings (SSSR count). The van der Waals surface area contributed by atoms with Gasteiger partial charge in [0.15, 0.2) is 0 Å². The topological polar surface area (TPSA) is 74.8 Å². The van der Waals surface area contributed by atoms with Crippen molar-refractivity contribution in [1.29, 1.82) is 0 Å². The van der Waals surface area contributed by atoms with Crippen LogP contribution in [0.2, 0.25) is 15.3 Å². The van der Waals surface area contributed by atoms with Crippen LogP contribution in [0, 0.1) is 0 Å². The first kappa shape index (κ1) is 18.4. The second-order valence-corrected chi connectivity index (χ2v) is 7.39. The maximum absolute atomic E-state index is 12.5. The fraction of sp³-hybridized carbons (Fsp3) is 0.222. The van der Waals surface area contributed by atoms with E-state index in [-0.39, 0.29) is 5.56 Å². The van der Waals surface area contributed by atoms with Gasteiger partial charge < -0.3 is 4.98 Å². The molecule has 0 atom stereocenters. The summed E-state index contributed by atoms with van der Waals surface area (Å²) in [4.78, 5) is 30.1. The predicted molar refractivity (Wildman–Crippen MR) is 105 cm³/mol. The number of benzene rings is 1. The molecule has 27 heavy (non-hydrogen) atoms.